The molecule has 1 heterocycles. The van der Waals surface area contributed by atoms with Gasteiger partial charge in [0, 0.05) is 24.2 Å². The predicted molar refractivity (Wildman–Crippen MR) is 129 cm³/mol. The van der Waals surface area contributed by atoms with Crippen molar-refractivity contribution in [3.63, 3.8) is 0 Å². The zero-order valence-electron chi connectivity index (χ0n) is 19.5. The molecule has 0 bridgehead atoms. The number of carboxylic acids is 1. The number of carbonyl (C=O) groups excluding carboxylic acids is 2. The molecule has 4 rings (SSSR count). The van der Waals surface area contributed by atoms with Crippen molar-refractivity contribution >= 4 is 18.0 Å². The molecule has 1 unspecified atom stereocenters. The number of amides is 2. The first-order valence-electron chi connectivity index (χ1n) is 11.5. The number of hydrogen-bond donors (Lipinski definition) is 4. The fourth-order valence-electron chi connectivity index (χ4n) is 4.38. The molecule has 182 valence electrons. The van der Waals surface area contributed by atoms with E-state index in [-0.39, 0.29) is 24.9 Å². The Hall–Kier alpha value is -4.14. The molecule has 4 N–H and O–H groups in total. The first-order chi connectivity index (χ1) is 16.8. The van der Waals surface area contributed by atoms with Gasteiger partial charge in [-0.1, -0.05) is 62.4 Å². The Labute approximate surface area is 202 Å². The minimum absolute atomic E-state index is 0.0385. The predicted octanol–water partition coefficient (Wildman–Crippen LogP) is 3.08. The fraction of sp³-hybridized carbons (Fsp3) is 0.308. The van der Waals surface area contributed by atoms with Gasteiger partial charge >= 0.3 is 12.1 Å². The van der Waals surface area contributed by atoms with E-state index in [1.807, 2.05) is 36.4 Å². The number of aromatic amines is 1. The summed E-state index contributed by atoms with van der Waals surface area (Å²) >= 11 is 0. The number of benzene rings is 2. The Morgan fingerprint density at radius 2 is 1.66 bits per heavy atom. The number of rotatable bonds is 9. The molecule has 35 heavy (non-hydrogen) atoms. The van der Waals surface area contributed by atoms with Gasteiger partial charge < -0.3 is 25.5 Å². The van der Waals surface area contributed by atoms with Gasteiger partial charge in [-0.3, -0.25) is 4.79 Å². The van der Waals surface area contributed by atoms with E-state index in [0.717, 1.165) is 22.3 Å². The van der Waals surface area contributed by atoms with Gasteiger partial charge in [0.15, 0.2) is 0 Å². The van der Waals surface area contributed by atoms with Crippen LogP contribution in [-0.2, 0) is 20.7 Å². The number of fused-ring (bicyclic) bond motifs is 3. The molecule has 3 aromatic rings. The largest absolute Gasteiger partial charge is 0.480 e. The second-order valence-corrected chi connectivity index (χ2v) is 8.87. The zero-order valence-corrected chi connectivity index (χ0v) is 19.5. The van der Waals surface area contributed by atoms with Crippen molar-refractivity contribution in [1.29, 1.82) is 0 Å². The van der Waals surface area contributed by atoms with Crippen molar-refractivity contribution < 1.29 is 24.2 Å². The van der Waals surface area contributed by atoms with Gasteiger partial charge in [0.25, 0.3) is 0 Å². The maximum Gasteiger partial charge on any atom is 0.407 e. The van der Waals surface area contributed by atoms with Crippen LogP contribution in [0.2, 0.25) is 0 Å². The van der Waals surface area contributed by atoms with E-state index in [1.54, 1.807) is 13.8 Å². The van der Waals surface area contributed by atoms with Crippen molar-refractivity contribution in [2.45, 2.75) is 38.3 Å². The summed E-state index contributed by atoms with van der Waals surface area (Å²) in [7, 11) is 0. The van der Waals surface area contributed by atoms with E-state index in [4.69, 9.17) is 4.74 Å². The molecular formula is C26H28N4O5. The van der Waals surface area contributed by atoms with Crippen LogP contribution >= 0.6 is 0 Å². The summed E-state index contributed by atoms with van der Waals surface area (Å²) in [4.78, 5) is 43.9. The standard InChI is InChI=1S/C26H28N4O5/c1-15(2)23(24(31)29-22(25(32)33)11-16-12-27-14-28-16)30-26(34)35-13-21-19-9-5-3-7-17(19)18-8-4-6-10-20(18)21/h3-10,12,14-15,21-23H,11,13H2,1-2H3,(H,27,28)(H,29,31)(H,30,34)(H,32,33)/t22-,23?/m1/s1. The number of hydrogen-bond acceptors (Lipinski definition) is 5. The van der Waals surface area contributed by atoms with Crippen LogP contribution in [0.25, 0.3) is 11.1 Å². The van der Waals surface area contributed by atoms with Crippen LogP contribution in [0, 0.1) is 5.92 Å². The SMILES string of the molecule is CC(C)C(NC(=O)OCC1c2ccccc2-c2ccccc21)C(=O)N[C@H](Cc1cnc[nH]1)C(=O)O. The van der Waals surface area contributed by atoms with Gasteiger partial charge in [-0.15, -0.1) is 0 Å². The summed E-state index contributed by atoms with van der Waals surface area (Å²) in [6.45, 7) is 3.64. The number of carbonyl (C=O) groups is 3. The van der Waals surface area contributed by atoms with Gasteiger partial charge in [-0.2, -0.15) is 0 Å². The minimum atomic E-state index is -1.18. The van der Waals surface area contributed by atoms with Crippen LogP contribution in [0.5, 0.6) is 0 Å². The maximum absolute atomic E-state index is 12.9. The monoisotopic (exact) mass is 476 g/mol. The van der Waals surface area contributed by atoms with Crippen molar-refractivity contribution in [1.82, 2.24) is 20.6 Å². The minimum Gasteiger partial charge on any atom is -0.480 e. The number of alkyl carbamates (subject to hydrolysis) is 1. The van der Waals surface area contributed by atoms with Gasteiger partial charge in [-0.05, 0) is 28.2 Å². The molecule has 9 heteroatoms. The lowest BCUT2D eigenvalue weighted by Crippen LogP contribution is -2.54. The van der Waals surface area contributed by atoms with Gasteiger partial charge in [-0.25, -0.2) is 14.6 Å². The molecule has 2 atom stereocenters. The fourth-order valence-corrected chi connectivity index (χ4v) is 4.38. The average Bonchev–Trinajstić information content (AvgIpc) is 3.46. The van der Waals surface area contributed by atoms with Crippen molar-refractivity contribution in [3.05, 3.63) is 77.9 Å². The number of H-pyrrole nitrogens is 1. The van der Waals surface area contributed by atoms with Crippen molar-refractivity contribution in [2.75, 3.05) is 6.61 Å². The highest BCUT2D eigenvalue weighted by molar-refractivity contribution is 5.89. The zero-order chi connectivity index (χ0) is 24.9. The Balaban J connectivity index is 1.39. The second-order valence-electron chi connectivity index (χ2n) is 8.87. The van der Waals surface area contributed by atoms with Crippen LogP contribution < -0.4 is 10.6 Å². The summed E-state index contributed by atoms with van der Waals surface area (Å²) in [6.07, 6.45) is 2.24. The van der Waals surface area contributed by atoms with Crippen LogP contribution in [0.4, 0.5) is 4.79 Å². The highest BCUT2D eigenvalue weighted by Gasteiger charge is 2.32. The van der Waals surface area contributed by atoms with E-state index in [2.05, 4.69) is 32.7 Å². The molecule has 0 spiro atoms. The average molecular weight is 477 g/mol. The van der Waals surface area contributed by atoms with Crippen LogP contribution in [0.15, 0.2) is 61.1 Å². The van der Waals surface area contributed by atoms with Crippen molar-refractivity contribution in [3.8, 4) is 11.1 Å². The molecule has 1 aromatic heterocycles. The lowest BCUT2D eigenvalue weighted by atomic mass is 9.98. The van der Waals surface area contributed by atoms with E-state index >= 15 is 0 Å². The number of aliphatic carboxylic acids is 1. The highest BCUT2D eigenvalue weighted by atomic mass is 16.5. The third-order valence-electron chi connectivity index (χ3n) is 6.16. The summed E-state index contributed by atoms with van der Waals surface area (Å²) in [6, 6.07) is 13.9. The number of carboxylic acid groups (broad SMARTS) is 1. The molecular weight excluding hydrogens is 448 g/mol. The van der Waals surface area contributed by atoms with Gasteiger partial charge in [0.05, 0.1) is 6.33 Å². The summed E-state index contributed by atoms with van der Waals surface area (Å²) in [5, 5.41) is 14.6. The van der Waals surface area contributed by atoms with Crippen LogP contribution in [0.1, 0.15) is 36.6 Å². The lowest BCUT2D eigenvalue weighted by molar-refractivity contribution is -0.142. The Kier molecular flexibility index (Phi) is 7.14. The summed E-state index contributed by atoms with van der Waals surface area (Å²) in [5.41, 5.74) is 4.98. The van der Waals surface area contributed by atoms with Crippen molar-refractivity contribution in [2.24, 2.45) is 5.92 Å². The van der Waals surface area contributed by atoms with E-state index in [0.29, 0.717) is 5.69 Å². The Morgan fingerprint density at radius 1 is 1.03 bits per heavy atom. The van der Waals surface area contributed by atoms with Gasteiger partial charge in [0.1, 0.15) is 18.7 Å². The molecule has 2 aromatic carbocycles. The summed E-state index contributed by atoms with van der Waals surface area (Å²) in [5.74, 6) is -2.18. The molecule has 9 nitrogen and oxygen atoms in total. The lowest BCUT2D eigenvalue weighted by Gasteiger charge is -2.24. The first kappa shape index (κ1) is 24.0. The van der Waals surface area contributed by atoms with Crippen LogP contribution in [0.3, 0.4) is 0 Å². The Bertz CT molecular complexity index is 1160. The molecule has 2 amide bonds. The number of ether oxygens (including phenoxy) is 1. The third-order valence-corrected chi connectivity index (χ3v) is 6.16. The van der Waals surface area contributed by atoms with E-state index < -0.39 is 30.1 Å². The number of imidazole rings is 1. The van der Waals surface area contributed by atoms with Gasteiger partial charge in [0.2, 0.25) is 5.91 Å². The molecule has 0 saturated heterocycles. The molecule has 0 aliphatic heterocycles. The van der Waals surface area contributed by atoms with E-state index in [9.17, 15) is 19.5 Å². The third kappa shape index (κ3) is 5.34. The molecule has 0 radical (unpaired) electrons. The molecule has 1 aliphatic rings. The van der Waals surface area contributed by atoms with Crippen LogP contribution in [-0.4, -0.2) is 51.7 Å². The number of nitrogens with zero attached hydrogens (tertiary/aromatic N) is 1. The highest BCUT2D eigenvalue weighted by Crippen LogP contribution is 2.44. The normalized spacial score (nSPS) is 14.0. The smallest absolute Gasteiger partial charge is 0.407 e. The molecule has 0 fully saturated rings. The summed E-state index contributed by atoms with van der Waals surface area (Å²) < 4.78 is 5.55. The quantitative estimate of drug-likeness (QED) is 0.375. The maximum atomic E-state index is 12.9. The molecule has 0 saturated carbocycles. The number of nitrogens with one attached hydrogen (secondary N) is 3. The topological polar surface area (TPSA) is 133 Å². The second kappa shape index (κ2) is 10.4. The van der Waals surface area contributed by atoms with E-state index in [1.165, 1.54) is 12.5 Å². The first-order valence-corrected chi connectivity index (χ1v) is 11.5. The molecule has 1 aliphatic carbocycles. The number of aromatic nitrogens is 2. The Morgan fingerprint density at radius 3 is 2.20 bits per heavy atom.